The van der Waals surface area contributed by atoms with Gasteiger partial charge in [-0.25, -0.2) is 4.98 Å². The Morgan fingerprint density at radius 1 is 1.28 bits per heavy atom. The molecule has 0 saturated heterocycles. The largest absolute Gasteiger partial charge is 0.390 e. The number of aliphatic hydroxyl groups is 1. The molecule has 25 heavy (non-hydrogen) atoms. The van der Waals surface area contributed by atoms with Crippen molar-refractivity contribution in [2.45, 2.75) is 25.2 Å². The number of rotatable bonds is 8. The van der Waals surface area contributed by atoms with Crippen LogP contribution in [0.25, 0.3) is 0 Å². The summed E-state index contributed by atoms with van der Waals surface area (Å²) in [6, 6.07) is 6.57. The standard InChI is InChI=1S/C16H18N4O4S/c1-10(22)11-2-4-12(5-3-11)19-15(24)9-25-16-18-6-13(8-21)20(16)7-14(17)23/h2-6,21H,7-9H2,1H3,(H2,17,23)(H,19,24). The van der Waals surface area contributed by atoms with E-state index in [4.69, 9.17) is 5.73 Å². The van der Waals surface area contributed by atoms with Crippen LogP contribution in [-0.4, -0.2) is 38.0 Å². The van der Waals surface area contributed by atoms with E-state index in [1.54, 1.807) is 24.3 Å². The van der Waals surface area contributed by atoms with Gasteiger partial charge in [-0.1, -0.05) is 11.8 Å². The summed E-state index contributed by atoms with van der Waals surface area (Å²) in [5.41, 5.74) is 6.77. The van der Waals surface area contributed by atoms with Crippen LogP contribution in [-0.2, 0) is 22.7 Å². The zero-order valence-corrected chi connectivity index (χ0v) is 14.4. The number of amides is 2. The van der Waals surface area contributed by atoms with Crippen LogP contribution in [0.2, 0.25) is 0 Å². The van der Waals surface area contributed by atoms with Gasteiger partial charge in [-0.3, -0.25) is 14.4 Å². The average Bonchev–Trinajstić information content (AvgIpc) is 2.94. The van der Waals surface area contributed by atoms with E-state index in [1.807, 2.05) is 0 Å². The number of nitrogens with zero attached hydrogens (tertiary/aromatic N) is 2. The topological polar surface area (TPSA) is 127 Å². The first-order valence-electron chi connectivity index (χ1n) is 7.38. The highest BCUT2D eigenvalue weighted by Crippen LogP contribution is 2.19. The molecule has 0 aliphatic carbocycles. The van der Waals surface area contributed by atoms with Crippen molar-refractivity contribution in [2.24, 2.45) is 5.73 Å². The van der Waals surface area contributed by atoms with Crippen molar-refractivity contribution in [1.29, 1.82) is 0 Å². The van der Waals surface area contributed by atoms with Gasteiger partial charge in [-0.2, -0.15) is 0 Å². The van der Waals surface area contributed by atoms with E-state index >= 15 is 0 Å². The van der Waals surface area contributed by atoms with Crippen LogP contribution in [0.5, 0.6) is 0 Å². The molecule has 0 fully saturated rings. The van der Waals surface area contributed by atoms with Crippen LogP contribution in [0, 0.1) is 0 Å². The van der Waals surface area contributed by atoms with E-state index in [0.29, 0.717) is 22.1 Å². The summed E-state index contributed by atoms with van der Waals surface area (Å²) >= 11 is 1.13. The molecule has 132 valence electrons. The summed E-state index contributed by atoms with van der Waals surface area (Å²) in [6.07, 6.45) is 1.43. The molecule has 0 unspecified atom stereocenters. The summed E-state index contributed by atoms with van der Waals surface area (Å²) in [7, 11) is 0. The first-order chi connectivity index (χ1) is 11.9. The Kier molecular flexibility index (Phi) is 6.31. The van der Waals surface area contributed by atoms with Gasteiger partial charge >= 0.3 is 0 Å². The Morgan fingerprint density at radius 3 is 2.52 bits per heavy atom. The fourth-order valence-electron chi connectivity index (χ4n) is 2.07. The van der Waals surface area contributed by atoms with Gasteiger partial charge in [-0.05, 0) is 31.2 Å². The molecule has 1 aromatic carbocycles. The van der Waals surface area contributed by atoms with Crippen LogP contribution in [0.15, 0.2) is 35.6 Å². The van der Waals surface area contributed by atoms with Gasteiger partial charge in [0.1, 0.15) is 6.54 Å². The summed E-state index contributed by atoms with van der Waals surface area (Å²) < 4.78 is 1.47. The highest BCUT2D eigenvalue weighted by atomic mass is 32.2. The molecule has 0 bridgehead atoms. The Bertz CT molecular complexity index is 786. The van der Waals surface area contributed by atoms with Crippen LogP contribution in [0.3, 0.4) is 0 Å². The number of imidazole rings is 1. The Morgan fingerprint density at radius 2 is 1.96 bits per heavy atom. The maximum Gasteiger partial charge on any atom is 0.237 e. The number of Topliss-reactive ketones (excluding diaryl/α,β-unsaturated/α-hetero) is 1. The molecule has 0 radical (unpaired) electrons. The molecule has 1 heterocycles. The normalized spacial score (nSPS) is 10.5. The van der Waals surface area contributed by atoms with Crippen molar-refractivity contribution in [3.05, 3.63) is 41.7 Å². The first kappa shape index (κ1) is 18.7. The van der Waals surface area contributed by atoms with Crippen molar-refractivity contribution >= 4 is 35.0 Å². The summed E-state index contributed by atoms with van der Waals surface area (Å²) in [6.45, 7) is 1.07. The number of primary amides is 1. The van der Waals surface area contributed by atoms with Crippen LogP contribution < -0.4 is 11.1 Å². The van der Waals surface area contributed by atoms with Crippen molar-refractivity contribution in [3.63, 3.8) is 0 Å². The van der Waals surface area contributed by atoms with Gasteiger partial charge in [-0.15, -0.1) is 0 Å². The minimum absolute atomic E-state index is 0.0468. The zero-order chi connectivity index (χ0) is 18.4. The molecule has 2 rings (SSSR count). The predicted octanol–water partition coefficient (Wildman–Crippen LogP) is 0.794. The second-order valence-corrected chi connectivity index (χ2v) is 6.16. The molecule has 9 heteroatoms. The molecule has 4 N–H and O–H groups in total. The molecule has 0 saturated carbocycles. The van der Waals surface area contributed by atoms with Gasteiger partial charge in [0, 0.05) is 11.3 Å². The number of hydrogen-bond donors (Lipinski definition) is 3. The van der Waals surface area contributed by atoms with Gasteiger partial charge in [0.15, 0.2) is 10.9 Å². The van der Waals surface area contributed by atoms with Gasteiger partial charge < -0.3 is 20.7 Å². The second-order valence-electron chi connectivity index (χ2n) is 5.21. The number of aromatic nitrogens is 2. The van der Waals surface area contributed by atoms with Gasteiger partial charge in [0.2, 0.25) is 11.8 Å². The van der Waals surface area contributed by atoms with Crippen molar-refractivity contribution in [2.75, 3.05) is 11.1 Å². The number of nitrogens with one attached hydrogen (secondary N) is 1. The summed E-state index contributed by atoms with van der Waals surface area (Å²) in [5, 5.41) is 12.4. The Balaban J connectivity index is 1.97. The first-order valence-corrected chi connectivity index (χ1v) is 8.36. The molecule has 0 aliphatic rings. The molecule has 0 atom stereocenters. The predicted molar refractivity (Wildman–Crippen MR) is 93.1 cm³/mol. The third-order valence-corrected chi connectivity index (χ3v) is 4.28. The van der Waals surface area contributed by atoms with Gasteiger partial charge in [0.25, 0.3) is 0 Å². The molecule has 8 nitrogen and oxygen atoms in total. The third kappa shape index (κ3) is 5.16. The van der Waals surface area contributed by atoms with E-state index in [-0.39, 0.29) is 30.6 Å². The fraction of sp³-hybridized carbons (Fsp3) is 0.250. The Labute approximate surface area is 148 Å². The van der Waals surface area contributed by atoms with Crippen LogP contribution in [0.1, 0.15) is 23.0 Å². The van der Waals surface area contributed by atoms with Crippen molar-refractivity contribution in [3.8, 4) is 0 Å². The lowest BCUT2D eigenvalue weighted by molar-refractivity contribution is -0.118. The number of nitrogens with two attached hydrogens (primary N) is 1. The maximum atomic E-state index is 12.0. The second kappa shape index (κ2) is 8.45. The van der Waals surface area contributed by atoms with Gasteiger partial charge in [0.05, 0.1) is 24.3 Å². The van der Waals surface area contributed by atoms with E-state index in [2.05, 4.69) is 10.3 Å². The zero-order valence-electron chi connectivity index (χ0n) is 13.6. The maximum absolute atomic E-state index is 12.0. The molecule has 1 aromatic heterocycles. The number of hydrogen-bond acceptors (Lipinski definition) is 6. The van der Waals surface area contributed by atoms with Crippen molar-refractivity contribution in [1.82, 2.24) is 9.55 Å². The SMILES string of the molecule is CC(=O)c1ccc(NC(=O)CSc2ncc(CO)n2CC(N)=O)cc1. The molecule has 2 amide bonds. The number of aliphatic hydroxyl groups excluding tert-OH is 1. The monoisotopic (exact) mass is 362 g/mol. The van der Waals surface area contributed by atoms with Crippen LogP contribution in [0.4, 0.5) is 5.69 Å². The van der Waals surface area contributed by atoms with Crippen LogP contribution >= 0.6 is 11.8 Å². The third-order valence-electron chi connectivity index (χ3n) is 3.29. The number of ketones is 1. The highest BCUT2D eigenvalue weighted by Gasteiger charge is 2.14. The number of benzene rings is 1. The quantitative estimate of drug-likeness (QED) is 0.471. The lowest BCUT2D eigenvalue weighted by Gasteiger charge is -2.09. The summed E-state index contributed by atoms with van der Waals surface area (Å²) in [5.74, 6) is -0.812. The number of thioether (sulfide) groups is 1. The van der Waals surface area contributed by atoms with E-state index in [1.165, 1.54) is 17.7 Å². The lowest BCUT2D eigenvalue weighted by atomic mass is 10.1. The minimum atomic E-state index is -0.565. The fourth-order valence-corrected chi connectivity index (χ4v) is 2.87. The molecule has 2 aromatic rings. The van der Waals surface area contributed by atoms with E-state index in [9.17, 15) is 19.5 Å². The molecule has 0 aliphatic heterocycles. The number of carbonyl (C=O) groups excluding carboxylic acids is 3. The summed E-state index contributed by atoms with van der Waals surface area (Å²) in [4.78, 5) is 38.5. The highest BCUT2D eigenvalue weighted by molar-refractivity contribution is 7.99. The van der Waals surface area contributed by atoms with E-state index < -0.39 is 5.91 Å². The minimum Gasteiger partial charge on any atom is -0.390 e. The number of carbonyl (C=O) groups is 3. The lowest BCUT2D eigenvalue weighted by Crippen LogP contribution is -2.21. The van der Waals surface area contributed by atoms with E-state index in [0.717, 1.165) is 11.8 Å². The Hall–Kier alpha value is -2.65. The molecular weight excluding hydrogens is 344 g/mol. The van der Waals surface area contributed by atoms with Crippen molar-refractivity contribution < 1.29 is 19.5 Å². The number of anilines is 1. The average molecular weight is 362 g/mol. The molecule has 0 spiro atoms. The molecular formula is C16H18N4O4S. The smallest absolute Gasteiger partial charge is 0.237 e.